The van der Waals surface area contributed by atoms with Crippen LogP contribution in [0.15, 0.2) is 55.1 Å². The van der Waals surface area contributed by atoms with Gasteiger partial charge in [-0.1, -0.05) is 18.7 Å². The summed E-state index contributed by atoms with van der Waals surface area (Å²) >= 11 is 0. The highest BCUT2D eigenvalue weighted by molar-refractivity contribution is 5.83. The number of halogens is 1. The van der Waals surface area contributed by atoms with E-state index in [4.69, 9.17) is 9.47 Å². The van der Waals surface area contributed by atoms with Crippen LogP contribution in [0.1, 0.15) is 0 Å². The predicted molar refractivity (Wildman–Crippen MR) is 74.2 cm³/mol. The first-order valence-corrected chi connectivity index (χ1v) is 5.92. The minimum Gasteiger partial charge on any atom is -0.497 e. The van der Waals surface area contributed by atoms with Crippen LogP contribution in [0.4, 0.5) is 4.39 Å². The molecule has 0 saturated carbocycles. The lowest BCUT2D eigenvalue weighted by Gasteiger charge is -2.07. The molecule has 0 spiro atoms. The van der Waals surface area contributed by atoms with Gasteiger partial charge in [-0.3, -0.25) is 0 Å². The Bertz CT molecular complexity index is 633. The van der Waals surface area contributed by atoms with Gasteiger partial charge in [0.05, 0.1) is 7.11 Å². The molecule has 0 N–H and O–H groups in total. The first-order chi connectivity index (χ1) is 9.63. The molecule has 0 bridgehead atoms. The highest BCUT2D eigenvalue weighted by atomic mass is 19.1. The van der Waals surface area contributed by atoms with Crippen LogP contribution < -0.4 is 9.47 Å². The fourth-order valence-corrected chi connectivity index (χ4v) is 1.72. The molecule has 2 aromatic rings. The lowest BCUT2D eigenvalue weighted by molar-refractivity contribution is -0.128. The molecule has 0 heterocycles. The average molecular weight is 272 g/mol. The van der Waals surface area contributed by atoms with Gasteiger partial charge < -0.3 is 9.47 Å². The topological polar surface area (TPSA) is 35.5 Å². The minimum atomic E-state index is -0.534. The number of carbonyl (C=O) groups excluding carboxylic acids is 1. The lowest BCUT2D eigenvalue weighted by Crippen LogP contribution is -2.02. The zero-order valence-electron chi connectivity index (χ0n) is 10.9. The Labute approximate surface area is 116 Å². The van der Waals surface area contributed by atoms with Crippen molar-refractivity contribution in [1.82, 2.24) is 0 Å². The first-order valence-electron chi connectivity index (χ1n) is 5.92. The molecule has 0 unspecified atom stereocenters. The quantitative estimate of drug-likeness (QED) is 0.484. The summed E-state index contributed by atoms with van der Waals surface area (Å²) in [6.45, 7) is 3.31. The van der Waals surface area contributed by atoms with Crippen LogP contribution in [0, 0.1) is 5.82 Å². The summed E-state index contributed by atoms with van der Waals surface area (Å²) < 4.78 is 23.8. The van der Waals surface area contributed by atoms with E-state index in [1.807, 2.05) is 0 Å². The van der Waals surface area contributed by atoms with Crippen molar-refractivity contribution < 1.29 is 18.7 Å². The number of esters is 1. The Morgan fingerprint density at radius 2 is 1.80 bits per heavy atom. The maximum atomic E-state index is 13.9. The second-order valence-corrected chi connectivity index (χ2v) is 4.00. The molecule has 0 saturated heterocycles. The molecule has 0 aromatic heterocycles. The molecule has 0 aliphatic heterocycles. The normalized spacial score (nSPS) is 9.90. The van der Waals surface area contributed by atoms with Gasteiger partial charge >= 0.3 is 5.97 Å². The molecule has 4 heteroatoms. The molecule has 102 valence electrons. The van der Waals surface area contributed by atoms with E-state index in [-0.39, 0.29) is 5.82 Å². The number of hydrogen-bond donors (Lipinski definition) is 0. The molecule has 2 aromatic carbocycles. The van der Waals surface area contributed by atoms with E-state index in [2.05, 4.69) is 6.58 Å². The second kappa shape index (κ2) is 6.02. The van der Waals surface area contributed by atoms with Gasteiger partial charge in [-0.05, 0) is 29.8 Å². The van der Waals surface area contributed by atoms with E-state index < -0.39 is 5.97 Å². The summed E-state index contributed by atoms with van der Waals surface area (Å²) in [5.41, 5.74) is 1.14. The predicted octanol–water partition coefficient (Wildman–Crippen LogP) is 3.59. The van der Waals surface area contributed by atoms with Crippen LogP contribution in [0.25, 0.3) is 11.1 Å². The van der Waals surface area contributed by atoms with E-state index in [9.17, 15) is 9.18 Å². The zero-order valence-corrected chi connectivity index (χ0v) is 10.9. The Morgan fingerprint density at radius 1 is 1.15 bits per heavy atom. The van der Waals surface area contributed by atoms with Gasteiger partial charge in [-0.2, -0.15) is 0 Å². The van der Waals surface area contributed by atoms with Crippen LogP contribution in [-0.4, -0.2) is 13.1 Å². The van der Waals surface area contributed by atoms with Crippen molar-refractivity contribution in [3.05, 3.63) is 60.9 Å². The van der Waals surface area contributed by atoms with Gasteiger partial charge in [-0.25, -0.2) is 9.18 Å². The largest absolute Gasteiger partial charge is 0.497 e. The van der Waals surface area contributed by atoms with Gasteiger partial charge in [0, 0.05) is 17.7 Å². The fourth-order valence-electron chi connectivity index (χ4n) is 1.72. The van der Waals surface area contributed by atoms with Crippen LogP contribution >= 0.6 is 0 Å². The summed E-state index contributed by atoms with van der Waals surface area (Å²) in [6.07, 6.45) is 1.08. The van der Waals surface area contributed by atoms with Crippen LogP contribution in [0.5, 0.6) is 11.5 Å². The van der Waals surface area contributed by atoms with E-state index in [1.54, 1.807) is 36.4 Å². The fraction of sp³-hybridized carbons (Fsp3) is 0.0625. The van der Waals surface area contributed by atoms with Crippen molar-refractivity contribution in [2.24, 2.45) is 0 Å². The number of hydrogen-bond acceptors (Lipinski definition) is 3. The molecule has 0 aliphatic rings. The monoisotopic (exact) mass is 272 g/mol. The lowest BCUT2D eigenvalue weighted by atomic mass is 10.0. The number of rotatable bonds is 4. The molecular formula is C16H13FO3. The van der Waals surface area contributed by atoms with Crippen molar-refractivity contribution in [3.63, 3.8) is 0 Å². The Balaban J connectivity index is 2.25. The zero-order chi connectivity index (χ0) is 14.5. The van der Waals surface area contributed by atoms with Crippen LogP contribution in [0.3, 0.4) is 0 Å². The van der Waals surface area contributed by atoms with E-state index in [0.717, 1.165) is 6.08 Å². The van der Waals surface area contributed by atoms with Gasteiger partial charge in [-0.15, -0.1) is 0 Å². The highest BCUT2D eigenvalue weighted by Gasteiger charge is 2.07. The SMILES string of the molecule is C=CC(=O)Oc1ccc(-c2ccc(OC)cc2F)cc1. The standard InChI is InChI=1S/C16H13FO3/c1-3-16(18)20-12-6-4-11(5-7-12)14-9-8-13(19-2)10-15(14)17/h3-10H,1H2,2H3. The molecular weight excluding hydrogens is 259 g/mol. The van der Waals surface area contributed by atoms with E-state index >= 15 is 0 Å². The van der Waals surface area contributed by atoms with Gasteiger partial charge in [0.25, 0.3) is 0 Å². The van der Waals surface area contributed by atoms with Gasteiger partial charge in [0.1, 0.15) is 17.3 Å². The van der Waals surface area contributed by atoms with Crippen molar-refractivity contribution in [2.45, 2.75) is 0 Å². The maximum Gasteiger partial charge on any atom is 0.335 e. The number of methoxy groups -OCH3 is 1. The molecule has 2 rings (SSSR count). The van der Waals surface area contributed by atoms with Crippen LogP contribution in [-0.2, 0) is 4.79 Å². The van der Waals surface area contributed by atoms with Crippen molar-refractivity contribution in [2.75, 3.05) is 7.11 Å². The molecule has 3 nitrogen and oxygen atoms in total. The van der Waals surface area contributed by atoms with Gasteiger partial charge in [0.2, 0.25) is 0 Å². The summed E-state index contributed by atoms with van der Waals surface area (Å²) in [6, 6.07) is 11.2. The third-order valence-corrected chi connectivity index (χ3v) is 2.73. The van der Waals surface area contributed by atoms with E-state index in [0.29, 0.717) is 22.6 Å². The van der Waals surface area contributed by atoms with Crippen molar-refractivity contribution in [1.29, 1.82) is 0 Å². The van der Waals surface area contributed by atoms with Crippen LogP contribution in [0.2, 0.25) is 0 Å². The highest BCUT2D eigenvalue weighted by Crippen LogP contribution is 2.27. The molecule has 0 amide bonds. The summed E-state index contributed by atoms with van der Waals surface area (Å²) in [5.74, 6) is -0.0658. The Kier molecular flexibility index (Phi) is 4.15. The third kappa shape index (κ3) is 3.03. The second-order valence-electron chi connectivity index (χ2n) is 4.00. The number of ether oxygens (including phenoxy) is 2. The molecule has 0 fully saturated rings. The third-order valence-electron chi connectivity index (χ3n) is 2.73. The summed E-state index contributed by atoms with van der Waals surface area (Å²) in [7, 11) is 1.48. The maximum absolute atomic E-state index is 13.9. The Morgan fingerprint density at radius 3 is 2.35 bits per heavy atom. The summed E-state index contributed by atoms with van der Waals surface area (Å²) in [5, 5.41) is 0. The van der Waals surface area contributed by atoms with E-state index in [1.165, 1.54) is 13.2 Å². The minimum absolute atomic E-state index is 0.375. The molecule has 20 heavy (non-hydrogen) atoms. The van der Waals surface area contributed by atoms with Gasteiger partial charge in [0.15, 0.2) is 0 Å². The number of benzene rings is 2. The molecule has 0 aliphatic carbocycles. The summed E-state index contributed by atoms with van der Waals surface area (Å²) in [4.78, 5) is 11.0. The smallest absolute Gasteiger partial charge is 0.335 e. The molecule has 0 atom stereocenters. The molecule has 0 radical (unpaired) electrons. The average Bonchev–Trinajstić information content (AvgIpc) is 2.48. The number of carbonyl (C=O) groups is 1. The van der Waals surface area contributed by atoms with Crippen molar-refractivity contribution in [3.8, 4) is 22.6 Å². The van der Waals surface area contributed by atoms with Crippen molar-refractivity contribution >= 4 is 5.97 Å². The first kappa shape index (κ1) is 13.8. The Hall–Kier alpha value is -2.62.